The van der Waals surface area contributed by atoms with E-state index in [1.54, 1.807) is 0 Å². The summed E-state index contributed by atoms with van der Waals surface area (Å²) in [5.74, 6) is 0.568. The fraction of sp³-hybridized carbons (Fsp3) is 0.241. The zero-order valence-electron chi connectivity index (χ0n) is 33.6. The van der Waals surface area contributed by atoms with Crippen LogP contribution in [0.4, 0.5) is 11.4 Å². The molecule has 0 saturated heterocycles. The third-order valence-corrected chi connectivity index (χ3v) is 12.4. The van der Waals surface area contributed by atoms with E-state index in [4.69, 9.17) is 11.6 Å². The lowest BCUT2D eigenvalue weighted by atomic mass is 9.69. The van der Waals surface area contributed by atoms with Crippen LogP contribution in [0.15, 0.2) is 188 Å². The van der Waals surface area contributed by atoms with E-state index in [1.807, 2.05) is 0 Å². The van der Waals surface area contributed by atoms with Gasteiger partial charge in [0.25, 0.3) is 0 Å². The number of fused-ring (bicyclic) bond motifs is 2. The highest BCUT2D eigenvalue weighted by Gasteiger charge is 2.51. The van der Waals surface area contributed by atoms with E-state index in [0.29, 0.717) is 5.92 Å². The van der Waals surface area contributed by atoms with Crippen molar-refractivity contribution < 1.29 is 4.58 Å². The molecule has 0 atom stereocenters. The smallest absolute Gasteiger partial charge is 0.209 e. The lowest BCUT2D eigenvalue weighted by Gasteiger charge is -2.34. The normalized spacial score (nSPS) is 16.2. The van der Waals surface area contributed by atoms with Crippen molar-refractivity contribution in [3.05, 3.63) is 226 Å². The number of halogens is 1. The molecule has 2 aliphatic heterocycles. The van der Waals surface area contributed by atoms with Crippen LogP contribution in [0.5, 0.6) is 0 Å². The lowest BCUT2D eigenvalue weighted by molar-refractivity contribution is -0.439. The van der Waals surface area contributed by atoms with Crippen LogP contribution in [-0.2, 0) is 36.5 Å². The van der Waals surface area contributed by atoms with Crippen LogP contribution in [0.3, 0.4) is 0 Å². The number of rotatable bonds is 14. The number of para-hydroxylation sites is 1. The number of anilines is 1. The molecule has 0 amide bonds. The number of allylic oxidation sites excluding steroid dienone is 4. The number of nitrogens with zero attached hydrogens (tertiary/aromatic N) is 2. The van der Waals surface area contributed by atoms with E-state index in [-0.39, 0.29) is 10.8 Å². The Morgan fingerprint density at radius 2 is 1.09 bits per heavy atom. The number of hydrogen-bond acceptors (Lipinski definition) is 1. The second kappa shape index (κ2) is 17.0. The van der Waals surface area contributed by atoms with E-state index in [0.717, 1.165) is 50.2 Å². The molecule has 2 aliphatic rings. The van der Waals surface area contributed by atoms with Crippen LogP contribution in [-0.4, -0.2) is 23.4 Å². The average molecular weight is 766 g/mol. The fourth-order valence-electron chi connectivity index (χ4n) is 9.64. The van der Waals surface area contributed by atoms with Crippen molar-refractivity contribution >= 4 is 28.7 Å². The summed E-state index contributed by atoms with van der Waals surface area (Å²) < 4.78 is 2.62. The topological polar surface area (TPSA) is 6.25 Å². The zero-order valence-corrected chi connectivity index (χ0v) is 34.4. The Kier molecular flexibility index (Phi) is 11.4. The van der Waals surface area contributed by atoms with E-state index in [1.165, 1.54) is 56.2 Å². The van der Waals surface area contributed by atoms with Crippen molar-refractivity contribution in [2.75, 3.05) is 18.0 Å². The van der Waals surface area contributed by atoms with Crippen LogP contribution in [0.2, 0.25) is 5.02 Å². The lowest BCUT2D eigenvalue weighted by Crippen LogP contribution is -2.39. The fourth-order valence-corrected chi connectivity index (χ4v) is 9.81. The Labute approximate surface area is 345 Å². The van der Waals surface area contributed by atoms with Crippen molar-refractivity contribution in [1.82, 2.24) is 0 Å². The van der Waals surface area contributed by atoms with Crippen LogP contribution >= 0.6 is 11.6 Å². The second-order valence-electron chi connectivity index (χ2n) is 16.4. The van der Waals surface area contributed by atoms with Gasteiger partial charge < -0.3 is 4.90 Å². The molecule has 0 aromatic heterocycles. The van der Waals surface area contributed by atoms with Gasteiger partial charge in [0.1, 0.15) is 6.54 Å². The van der Waals surface area contributed by atoms with Crippen molar-refractivity contribution in [1.29, 1.82) is 0 Å². The van der Waals surface area contributed by atoms with Gasteiger partial charge in [-0.25, -0.2) is 0 Å². The predicted molar refractivity (Wildman–Crippen MR) is 241 cm³/mol. The molecule has 0 aliphatic carbocycles. The third kappa shape index (κ3) is 7.81. The van der Waals surface area contributed by atoms with Gasteiger partial charge in [-0.05, 0) is 90.6 Å². The molecule has 2 nitrogen and oxygen atoms in total. The SMILES string of the molecule is CCN1C(=CC=CC2=[N+](CCC(C)C)c3ccc(Cl)cc3C2(Cc2ccccc2)Cc2ccccc2)C(Cc2ccccc2)(Cc2ccccc2)c2ccccc21. The maximum absolute atomic E-state index is 6.95. The minimum Gasteiger partial charge on any atom is -0.344 e. The predicted octanol–water partition coefficient (Wildman–Crippen LogP) is 12.9. The molecule has 6 aromatic carbocycles. The Balaban J connectivity index is 1.34. The van der Waals surface area contributed by atoms with Gasteiger partial charge in [-0.2, -0.15) is 4.58 Å². The van der Waals surface area contributed by atoms with Gasteiger partial charge in [0.2, 0.25) is 5.69 Å². The van der Waals surface area contributed by atoms with Crippen LogP contribution in [0, 0.1) is 5.92 Å². The number of hydrogen-bond donors (Lipinski definition) is 0. The molecule has 286 valence electrons. The number of benzene rings is 6. The largest absolute Gasteiger partial charge is 0.344 e. The Morgan fingerprint density at radius 3 is 1.60 bits per heavy atom. The second-order valence-corrected chi connectivity index (χ2v) is 16.8. The van der Waals surface area contributed by atoms with E-state index < -0.39 is 0 Å². The van der Waals surface area contributed by atoms with E-state index >= 15 is 0 Å². The van der Waals surface area contributed by atoms with Gasteiger partial charge in [-0.1, -0.05) is 171 Å². The minimum absolute atomic E-state index is 0.265. The van der Waals surface area contributed by atoms with Crippen molar-refractivity contribution in [2.45, 2.75) is 63.7 Å². The standard InChI is InChI=1S/C54H54ClN2/c1-4-56-49-29-18-17-28-47(49)53(37-42-20-9-5-10-21-42,38-43-22-11-6-12-23-43)51(56)30-19-31-52-54(39-44-24-13-7-14-25-44,40-45-26-15-8-16-27-45)48-36-46(55)32-33-50(48)57(52)35-34-41(2)3/h5-33,36,41H,4,34-35,37-40H2,1-3H3/q+1. The molecular weight excluding hydrogens is 712 g/mol. The molecule has 6 aromatic rings. The molecule has 3 heteroatoms. The average Bonchev–Trinajstić information content (AvgIpc) is 3.62. The molecule has 0 N–H and O–H groups in total. The maximum Gasteiger partial charge on any atom is 0.209 e. The first-order valence-corrected chi connectivity index (χ1v) is 21.1. The van der Waals surface area contributed by atoms with Gasteiger partial charge in [-0.3, -0.25) is 0 Å². The Morgan fingerprint density at radius 1 is 0.596 bits per heavy atom. The van der Waals surface area contributed by atoms with Gasteiger partial charge in [0, 0.05) is 52.5 Å². The molecule has 0 saturated carbocycles. The Bertz CT molecular complexity index is 2290. The van der Waals surface area contributed by atoms with Crippen LogP contribution in [0.1, 0.15) is 60.6 Å². The summed E-state index contributed by atoms with van der Waals surface area (Å²) >= 11 is 6.95. The van der Waals surface area contributed by atoms with Gasteiger partial charge in [-0.15, -0.1) is 0 Å². The van der Waals surface area contributed by atoms with Gasteiger partial charge in [0.05, 0.1) is 5.41 Å². The first-order valence-electron chi connectivity index (χ1n) is 20.8. The highest BCUT2D eigenvalue weighted by molar-refractivity contribution is 6.30. The van der Waals surface area contributed by atoms with Crippen LogP contribution < -0.4 is 4.90 Å². The molecule has 0 unspecified atom stereocenters. The summed E-state index contributed by atoms with van der Waals surface area (Å²) in [5.41, 5.74) is 12.7. The highest BCUT2D eigenvalue weighted by atomic mass is 35.5. The molecule has 0 radical (unpaired) electrons. The third-order valence-electron chi connectivity index (χ3n) is 12.2. The monoisotopic (exact) mass is 765 g/mol. The number of likely N-dealkylation sites (N-methyl/N-ethyl adjacent to an activating group) is 1. The molecule has 0 spiro atoms. The van der Waals surface area contributed by atoms with Gasteiger partial charge >= 0.3 is 0 Å². The summed E-state index contributed by atoms with van der Waals surface area (Å²) in [5, 5.41) is 0.782. The molecule has 2 heterocycles. The molecule has 0 bridgehead atoms. The molecule has 0 fully saturated rings. The van der Waals surface area contributed by atoms with Crippen LogP contribution in [0.25, 0.3) is 0 Å². The van der Waals surface area contributed by atoms with E-state index in [2.05, 4.69) is 212 Å². The Hall–Kier alpha value is -5.44. The summed E-state index contributed by atoms with van der Waals surface area (Å²) in [6.07, 6.45) is 11.9. The van der Waals surface area contributed by atoms with Gasteiger partial charge in [0.15, 0.2) is 5.71 Å². The summed E-state index contributed by atoms with van der Waals surface area (Å²) in [6.45, 7) is 8.77. The van der Waals surface area contributed by atoms with Crippen molar-refractivity contribution in [3.8, 4) is 0 Å². The zero-order chi connectivity index (χ0) is 39.2. The highest BCUT2D eigenvalue weighted by Crippen LogP contribution is 2.52. The summed E-state index contributed by atoms with van der Waals surface area (Å²) in [6, 6.07) is 59.9. The minimum atomic E-state index is -0.344. The van der Waals surface area contributed by atoms with Crippen molar-refractivity contribution in [2.24, 2.45) is 5.92 Å². The first-order chi connectivity index (χ1) is 27.9. The molecular formula is C54H54ClN2+. The molecule has 57 heavy (non-hydrogen) atoms. The quantitative estimate of drug-likeness (QED) is 0.100. The maximum atomic E-state index is 6.95. The molecule has 8 rings (SSSR count). The first kappa shape index (κ1) is 38.4. The van der Waals surface area contributed by atoms with E-state index in [9.17, 15) is 0 Å². The summed E-state index contributed by atoms with van der Waals surface area (Å²) in [4.78, 5) is 2.57. The van der Waals surface area contributed by atoms with Crippen molar-refractivity contribution in [3.63, 3.8) is 0 Å². The summed E-state index contributed by atoms with van der Waals surface area (Å²) in [7, 11) is 0.